The highest BCUT2D eigenvalue weighted by molar-refractivity contribution is 5.97. The van der Waals surface area contributed by atoms with Crippen LogP contribution in [0, 0.1) is 0 Å². The Morgan fingerprint density at radius 2 is 1.25 bits per heavy atom. The largest absolute Gasteiger partial charge is 0.394 e. The molecule has 11 unspecified atom stereocenters. The number of nitrogens with zero attached hydrogens (tertiary/aromatic N) is 2. The number of aliphatic hydroxyl groups is 6. The lowest BCUT2D eigenvalue weighted by Gasteiger charge is -2.48. The van der Waals surface area contributed by atoms with E-state index in [1.807, 2.05) is 0 Å². The van der Waals surface area contributed by atoms with E-state index in [4.69, 9.17) is 24.7 Å². The quantitative estimate of drug-likeness (QED) is 0.0479. The lowest BCUT2D eigenvalue weighted by Crippen LogP contribution is -2.70. The van der Waals surface area contributed by atoms with Crippen LogP contribution in [-0.4, -0.2) is 243 Å². The van der Waals surface area contributed by atoms with E-state index in [0.29, 0.717) is 12.8 Å². The van der Waals surface area contributed by atoms with Crippen molar-refractivity contribution in [3.63, 3.8) is 0 Å². The molecular weight excluding hydrogens is 977 g/mol. The van der Waals surface area contributed by atoms with Crippen LogP contribution in [0.2, 0.25) is 0 Å². The lowest BCUT2D eigenvalue weighted by molar-refractivity contribution is -0.332. The molecule has 0 aliphatic carbocycles. The summed E-state index contributed by atoms with van der Waals surface area (Å²) in [6.07, 6.45) is -14.3. The minimum Gasteiger partial charge on any atom is -0.394 e. The fourth-order valence-electron chi connectivity index (χ4n) is 8.84. The van der Waals surface area contributed by atoms with Crippen LogP contribution in [0.4, 0.5) is 0 Å². The van der Waals surface area contributed by atoms with Crippen LogP contribution in [0.25, 0.3) is 0 Å². The average Bonchev–Trinajstić information content (AvgIpc) is 4.04. The smallest absolute Gasteiger partial charge is 0.246 e. The van der Waals surface area contributed by atoms with Crippen molar-refractivity contribution in [3.05, 3.63) is 0 Å². The van der Waals surface area contributed by atoms with Gasteiger partial charge in [0.05, 0.1) is 32.5 Å². The standard InChI is InChI=1S/C43H70N10O20/c1-17(36(44)64)46-38(66)24-9-7-11-52(24)41(69)25-10-8-12-53(25)40(68)18(2)47-39(67)29(51-37(65)23(14-54)50-28(60)13-45-20(4)57)19(3)70-43-31(49-22(6)59)35(33(62)27(16-56)72-43)73-42-30(48-21(5)58)34(63)32(61)26(15-55)71-42/h17-19,23-27,29-35,42-43,54-56,61-63H,7-16H2,1-6H3,(H2,44,64)(H,45,57)(H,46,66)(H,47,67)(H,48,58)(H,49,59)(H,50,60)(H,51,65)/t17?,18?,19?,23?,24?,25?,26?,27?,29?,30?,31?,32-,33+,34-,35-,42+,43+/m1/s1. The number of primary amides is 1. The van der Waals surface area contributed by atoms with Crippen LogP contribution in [-0.2, 0) is 66.9 Å². The summed E-state index contributed by atoms with van der Waals surface area (Å²) in [5.41, 5.74) is 5.30. The van der Waals surface area contributed by atoms with E-state index in [-0.39, 0.29) is 25.9 Å². The number of nitrogens with one attached hydrogen (secondary N) is 7. The van der Waals surface area contributed by atoms with Crippen LogP contribution >= 0.6 is 0 Å². The van der Waals surface area contributed by atoms with Gasteiger partial charge in [0.15, 0.2) is 12.6 Å². The van der Waals surface area contributed by atoms with Gasteiger partial charge in [-0.3, -0.25) is 47.9 Å². The zero-order valence-corrected chi connectivity index (χ0v) is 41.3. The summed E-state index contributed by atoms with van der Waals surface area (Å²) in [5.74, 6) is -8.06. The van der Waals surface area contributed by atoms with Crippen molar-refractivity contribution in [2.75, 3.05) is 39.5 Å². The maximum atomic E-state index is 14.4. The summed E-state index contributed by atoms with van der Waals surface area (Å²) < 4.78 is 23.8. The highest BCUT2D eigenvalue weighted by atomic mass is 16.7. The van der Waals surface area contributed by atoms with Crippen LogP contribution < -0.4 is 43.0 Å². The predicted octanol–water partition coefficient (Wildman–Crippen LogP) is -9.12. The summed E-state index contributed by atoms with van der Waals surface area (Å²) in [7, 11) is 0. The Morgan fingerprint density at radius 1 is 0.671 bits per heavy atom. The van der Waals surface area contributed by atoms with Crippen molar-refractivity contribution < 1.29 is 97.5 Å². The molecule has 4 fully saturated rings. The Labute approximate surface area is 419 Å². The third-order valence-corrected chi connectivity index (χ3v) is 12.7. The summed E-state index contributed by atoms with van der Waals surface area (Å²) in [4.78, 5) is 133. The van der Waals surface area contributed by atoms with Crippen LogP contribution in [0.15, 0.2) is 0 Å². The number of nitrogens with two attached hydrogens (primary N) is 1. The van der Waals surface area contributed by atoms with Gasteiger partial charge in [-0.25, -0.2) is 0 Å². The van der Waals surface area contributed by atoms with Crippen molar-refractivity contribution in [2.24, 2.45) is 5.73 Å². The zero-order valence-electron chi connectivity index (χ0n) is 41.3. The summed E-state index contributed by atoms with van der Waals surface area (Å²) >= 11 is 0. The maximum absolute atomic E-state index is 14.4. The van der Waals surface area contributed by atoms with Crippen molar-refractivity contribution in [1.82, 2.24) is 47.0 Å². The first-order valence-electron chi connectivity index (χ1n) is 23.7. The molecular formula is C43H70N10O20. The number of carbonyl (C=O) groups excluding carboxylic acids is 10. The molecule has 4 rings (SSSR count). The first-order valence-corrected chi connectivity index (χ1v) is 23.7. The molecule has 0 aromatic rings. The second kappa shape index (κ2) is 27.0. The monoisotopic (exact) mass is 1050 g/mol. The molecule has 412 valence electrons. The molecule has 0 radical (unpaired) electrons. The fourth-order valence-corrected chi connectivity index (χ4v) is 8.84. The highest BCUT2D eigenvalue weighted by Crippen LogP contribution is 2.31. The fraction of sp³-hybridized carbons (Fsp3) is 0.767. The molecule has 30 nitrogen and oxygen atoms in total. The Kier molecular flexibility index (Phi) is 22.2. The normalized spacial score (nSPS) is 30.1. The number of rotatable bonds is 22. The number of likely N-dealkylation sites (tertiary alicyclic amines) is 2. The first-order chi connectivity index (χ1) is 34.3. The van der Waals surface area contributed by atoms with Gasteiger partial charge in [-0.15, -0.1) is 0 Å². The number of amides is 10. The van der Waals surface area contributed by atoms with Gasteiger partial charge in [-0.2, -0.15) is 0 Å². The van der Waals surface area contributed by atoms with E-state index < -0.39 is 189 Å². The highest BCUT2D eigenvalue weighted by Gasteiger charge is 2.53. The third-order valence-electron chi connectivity index (χ3n) is 12.7. The Balaban J connectivity index is 1.64. The van der Waals surface area contributed by atoms with E-state index in [1.165, 1.54) is 30.6 Å². The van der Waals surface area contributed by atoms with Crippen molar-refractivity contribution in [2.45, 2.75) is 171 Å². The molecule has 30 heteroatoms. The van der Waals surface area contributed by atoms with Gasteiger partial charge < -0.3 is 102 Å². The van der Waals surface area contributed by atoms with Gasteiger partial charge in [0.2, 0.25) is 59.1 Å². The molecule has 17 atom stereocenters. The molecule has 0 aromatic heterocycles. The number of carbonyl (C=O) groups is 10. The van der Waals surface area contributed by atoms with E-state index >= 15 is 0 Å². The van der Waals surface area contributed by atoms with E-state index in [1.54, 1.807) is 0 Å². The minimum absolute atomic E-state index is 0.0667. The van der Waals surface area contributed by atoms with Crippen LogP contribution in [0.1, 0.15) is 67.2 Å². The Morgan fingerprint density at radius 3 is 1.82 bits per heavy atom. The van der Waals surface area contributed by atoms with Gasteiger partial charge >= 0.3 is 0 Å². The lowest BCUT2D eigenvalue weighted by atomic mass is 9.94. The predicted molar refractivity (Wildman–Crippen MR) is 244 cm³/mol. The molecule has 10 amide bonds. The zero-order chi connectivity index (χ0) is 54.6. The number of ether oxygens (including phenoxy) is 4. The van der Waals surface area contributed by atoms with Gasteiger partial charge in [0, 0.05) is 33.9 Å². The number of hydrogen-bond acceptors (Lipinski definition) is 20. The van der Waals surface area contributed by atoms with Gasteiger partial charge in [0.25, 0.3) is 0 Å². The van der Waals surface area contributed by atoms with Crippen LogP contribution in [0.3, 0.4) is 0 Å². The van der Waals surface area contributed by atoms with E-state index in [0.717, 1.165) is 20.8 Å². The molecule has 15 N–H and O–H groups in total. The minimum atomic E-state index is -1.92. The summed E-state index contributed by atoms with van der Waals surface area (Å²) in [6, 6.07) is -11.4. The molecule has 0 bridgehead atoms. The molecule has 0 aromatic carbocycles. The van der Waals surface area contributed by atoms with Gasteiger partial charge in [0.1, 0.15) is 85.0 Å². The van der Waals surface area contributed by atoms with Crippen LogP contribution in [0.5, 0.6) is 0 Å². The van der Waals surface area contributed by atoms with Crippen molar-refractivity contribution >= 4 is 59.1 Å². The summed E-state index contributed by atoms with van der Waals surface area (Å²) in [5, 5.41) is 80.0. The molecule has 4 aliphatic rings. The summed E-state index contributed by atoms with van der Waals surface area (Å²) in [6.45, 7) is 3.94. The molecule has 73 heavy (non-hydrogen) atoms. The molecule has 0 saturated carbocycles. The maximum Gasteiger partial charge on any atom is 0.246 e. The topological polar surface area (TPSA) is 446 Å². The first kappa shape index (κ1) is 59.9. The van der Waals surface area contributed by atoms with Crippen molar-refractivity contribution in [1.29, 1.82) is 0 Å². The Hall–Kier alpha value is -5.70. The molecule has 4 saturated heterocycles. The SMILES string of the molecule is CC(=O)NCC(=O)NC(CO)C(=O)NC(C(=O)NC(C)C(=O)N1CCCC1C(=O)N1CCCC1C(=O)NC(C)C(N)=O)C(C)O[C@H]1OC(CO)[C@H](O)[C@H](O[C@@H]2OC(CO)[C@@H](O)[C@H](O)C2NC(C)=O)C1NC(C)=O. The third kappa shape index (κ3) is 15.4. The van der Waals surface area contributed by atoms with Gasteiger partial charge in [-0.05, 0) is 46.5 Å². The molecule has 4 aliphatic heterocycles. The average molecular weight is 1050 g/mol. The Bertz CT molecular complexity index is 2020. The van der Waals surface area contributed by atoms with E-state index in [9.17, 15) is 78.6 Å². The second-order valence-electron chi connectivity index (χ2n) is 18.3. The van der Waals surface area contributed by atoms with Gasteiger partial charge in [-0.1, -0.05) is 0 Å². The number of aliphatic hydroxyl groups excluding tert-OH is 6. The van der Waals surface area contributed by atoms with E-state index in [2.05, 4.69) is 37.2 Å². The second-order valence-corrected chi connectivity index (χ2v) is 18.3. The number of hydrogen-bond donors (Lipinski definition) is 14. The molecule has 4 heterocycles. The van der Waals surface area contributed by atoms with Crippen molar-refractivity contribution in [3.8, 4) is 0 Å². The molecule has 0 spiro atoms.